The van der Waals surface area contributed by atoms with Crippen LogP contribution >= 0.6 is 11.8 Å². The van der Waals surface area contributed by atoms with Gasteiger partial charge in [0.25, 0.3) is 0 Å². The van der Waals surface area contributed by atoms with E-state index in [4.69, 9.17) is 0 Å². The van der Waals surface area contributed by atoms with Gasteiger partial charge in [0.05, 0.1) is 22.7 Å². The van der Waals surface area contributed by atoms with Gasteiger partial charge >= 0.3 is 0 Å². The van der Waals surface area contributed by atoms with Crippen LogP contribution in [0.2, 0.25) is 0 Å². The Morgan fingerprint density at radius 2 is 1.53 bits per heavy atom. The summed E-state index contributed by atoms with van der Waals surface area (Å²) in [5.41, 5.74) is 3.59. The largest absolute Gasteiger partial charge is 0.325 e. The van der Waals surface area contributed by atoms with Crippen LogP contribution in [0.1, 0.15) is 43.2 Å². The molecule has 1 aliphatic carbocycles. The summed E-state index contributed by atoms with van der Waals surface area (Å²) in [7, 11) is 0. The van der Waals surface area contributed by atoms with Crippen LogP contribution in [0.25, 0.3) is 5.69 Å². The van der Waals surface area contributed by atoms with Crippen LogP contribution in [-0.2, 0) is 4.79 Å². The second kappa shape index (κ2) is 8.72. The fourth-order valence-electron chi connectivity index (χ4n) is 4.09. The van der Waals surface area contributed by atoms with E-state index in [0.29, 0.717) is 27.5 Å². The van der Waals surface area contributed by atoms with Crippen molar-refractivity contribution in [1.82, 2.24) is 14.8 Å². The van der Waals surface area contributed by atoms with Crippen molar-refractivity contribution in [3.8, 4) is 5.69 Å². The van der Waals surface area contributed by atoms with Gasteiger partial charge in [-0.25, -0.2) is 0 Å². The van der Waals surface area contributed by atoms with E-state index in [1.807, 2.05) is 42.7 Å². The van der Waals surface area contributed by atoms with Gasteiger partial charge < -0.3 is 5.32 Å². The first-order chi connectivity index (χ1) is 16.5. The van der Waals surface area contributed by atoms with Crippen molar-refractivity contribution < 1.29 is 14.4 Å². The number of amides is 1. The molecular formula is C26H20N4O3S. The third kappa shape index (κ3) is 3.72. The zero-order valence-corrected chi connectivity index (χ0v) is 19.3. The molecule has 4 aromatic rings. The van der Waals surface area contributed by atoms with Crippen molar-refractivity contribution in [2.45, 2.75) is 19.0 Å². The molecule has 1 aromatic heterocycles. The van der Waals surface area contributed by atoms with Crippen molar-refractivity contribution >= 4 is 34.9 Å². The summed E-state index contributed by atoms with van der Waals surface area (Å²) in [5, 5.41) is 11.8. The number of fused-ring (bicyclic) bond motifs is 2. The van der Waals surface area contributed by atoms with Crippen molar-refractivity contribution in [2.75, 3.05) is 11.1 Å². The maximum Gasteiger partial charge on any atom is 0.234 e. The van der Waals surface area contributed by atoms with E-state index in [1.54, 1.807) is 42.5 Å². The minimum absolute atomic E-state index is 0.0619. The number of hydrogen-bond donors (Lipinski definition) is 1. The molecule has 5 rings (SSSR count). The maximum atomic E-state index is 13.1. The summed E-state index contributed by atoms with van der Waals surface area (Å²) in [5.74, 6) is -0.0281. The fraction of sp³-hybridized carbons (Fsp3) is 0.115. The van der Waals surface area contributed by atoms with Gasteiger partial charge in [-0.1, -0.05) is 66.4 Å². The van der Waals surface area contributed by atoms with Crippen molar-refractivity contribution in [3.05, 3.63) is 100 Å². The van der Waals surface area contributed by atoms with E-state index in [9.17, 15) is 14.4 Å². The van der Waals surface area contributed by atoms with Gasteiger partial charge in [-0.2, -0.15) is 0 Å². The second-order valence-electron chi connectivity index (χ2n) is 7.92. The number of aromatic nitrogens is 3. The molecule has 1 amide bonds. The van der Waals surface area contributed by atoms with Crippen LogP contribution < -0.4 is 5.32 Å². The second-order valence-corrected chi connectivity index (χ2v) is 8.86. The summed E-state index contributed by atoms with van der Waals surface area (Å²) < 4.78 is 1.91. The zero-order valence-electron chi connectivity index (χ0n) is 18.5. The first-order valence-electron chi connectivity index (χ1n) is 10.7. The zero-order chi connectivity index (χ0) is 23.8. The monoisotopic (exact) mass is 468 g/mol. The van der Waals surface area contributed by atoms with E-state index in [-0.39, 0.29) is 28.8 Å². The summed E-state index contributed by atoms with van der Waals surface area (Å²) in [6.45, 7) is 3.87. The Kier molecular flexibility index (Phi) is 5.59. The molecule has 168 valence electrons. The average molecular weight is 469 g/mol. The highest BCUT2D eigenvalue weighted by Gasteiger charge is 2.31. The lowest BCUT2D eigenvalue weighted by molar-refractivity contribution is -0.113. The van der Waals surface area contributed by atoms with E-state index < -0.39 is 0 Å². The number of nitrogens with one attached hydrogen (secondary N) is 1. The Morgan fingerprint density at radius 3 is 2.29 bits per heavy atom. The fourth-order valence-corrected chi connectivity index (χ4v) is 4.88. The topological polar surface area (TPSA) is 93.9 Å². The molecule has 0 bridgehead atoms. The third-order valence-electron chi connectivity index (χ3n) is 5.71. The Bertz CT molecular complexity index is 1470. The number of carbonyl (C=O) groups excluding carboxylic acids is 3. The van der Waals surface area contributed by atoms with Crippen LogP contribution in [0.5, 0.6) is 0 Å². The molecule has 0 spiro atoms. The molecule has 0 fully saturated rings. The Labute approximate surface area is 200 Å². The number of ketones is 2. The number of aryl methyl sites for hydroxylation is 2. The van der Waals surface area contributed by atoms with Crippen LogP contribution in [0, 0.1) is 13.8 Å². The minimum atomic E-state index is -0.311. The summed E-state index contributed by atoms with van der Waals surface area (Å²) in [6, 6.07) is 19.5. The van der Waals surface area contributed by atoms with E-state index in [1.165, 1.54) is 11.8 Å². The highest BCUT2D eigenvalue weighted by molar-refractivity contribution is 7.99. The van der Waals surface area contributed by atoms with Crippen LogP contribution in [0.15, 0.2) is 71.9 Å². The average Bonchev–Trinajstić information content (AvgIpc) is 3.21. The molecule has 1 heterocycles. The Hall–Kier alpha value is -4.04. The lowest BCUT2D eigenvalue weighted by Crippen LogP contribution is -2.24. The van der Waals surface area contributed by atoms with Gasteiger partial charge in [-0.15, -0.1) is 10.2 Å². The predicted octanol–water partition coefficient (Wildman–Crippen LogP) is 4.39. The number of thioether (sulfide) groups is 1. The smallest absolute Gasteiger partial charge is 0.234 e. The van der Waals surface area contributed by atoms with Gasteiger partial charge in [-0.05, 0) is 31.5 Å². The SMILES string of the molecule is Cc1ccccc1-n1c(C)nnc1SCC(=O)Nc1cccc2c1C(=O)c1ccccc1C2=O. The van der Waals surface area contributed by atoms with Gasteiger partial charge in [0.2, 0.25) is 5.91 Å². The van der Waals surface area contributed by atoms with Crippen LogP contribution in [0.4, 0.5) is 5.69 Å². The highest BCUT2D eigenvalue weighted by Crippen LogP contribution is 2.32. The number of carbonyl (C=O) groups is 3. The molecule has 34 heavy (non-hydrogen) atoms. The standard InChI is InChI=1S/C26H20N4O3S/c1-15-8-3-6-13-21(15)30-16(2)28-29-26(30)34-14-22(31)27-20-12-7-11-19-23(20)25(33)18-10-5-4-9-17(18)24(19)32/h3-13H,14H2,1-2H3,(H,27,31). The number of anilines is 1. The molecule has 0 saturated carbocycles. The Morgan fingerprint density at radius 1 is 0.853 bits per heavy atom. The lowest BCUT2D eigenvalue weighted by atomic mass is 9.83. The summed E-state index contributed by atoms with van der Waals surface area (Å²) in [4.78, 5) is 38.9. The normalized spacial score (nSPS) is 12.3. The molecule has 1 N–H and O–H groups in total. The van der Waals surface area contributed by atoms with E-state index >= 15 is 0 Å². The molecule has 8 heteroatoms. The Balaban J connectivity index is 1.37. The molecule has 1 aliphatic rings. The molecule has 0 radical (unpaired) electrons. The quantitative estimate of drug-likeness (QED) is 0.385. The van der Waals surface area contributed by atoms with Gasteiger partial charge in [0, 0.05) is 16.7 Å². The maximum absolute atomic E-state index is 13.1. The van der Waals surface area contributed by atoms with Crippen molar-refractivity contribution in [2.24, 2.45) is 0 Å². The third-order valence-corrected chi connectivity index (χ3v) is 6.64. The van der Waals surface area contributed by atoms with Gasteiger partial charge in [-0.3, -0.25) is 19.0 Å². The van der Waals surface area contributed by atoms with Crippen LogP contribution in [0.3, 0.4) is 0 Å². The van der Waals surface area contributed by atoms with Crippen molar-refractivity contribution in [3.63, 3.8) is 0 Å². The first kappa shape index (κ1) is 21.8. The number of rotatable bonds is 5. The predicted molar refractivity (Wildman–Crippen MR) is 130 cm³/mol. The lowest BCUT2D eigenvalue weighted by Gasteiger charge is -2.20. The molecule has 3 aromatic carbocycles. The molecule has 0 aliphatic heterocycles. The molecular weight excluding hydrogens is 448 g/mol. The van der Waals surface area contributed by atoms with Gasteiger partial charge in [0.15, 0.2) is 16.7 Å². The highest BCUT2D eigenvalue weighted by atomic mass is 32.2. The number of hydrogen-bond acceptors (Lipinski definition) is 6. The minimum Gasteiger partial charge on any atom is -0.325 e. The van der Waals surface area contributed by atoms with Crippen molar-refractivity contribution in [1.29, 1.82) is 0 Å². The molecule has 0 atom stereocenters. The number of para-hydroxylation sites is 1. The summed E-state index contributed by atoms with van der Waals surface area (Å²) in [6.07, 6.45) is 0. The number of nitrogens with zero attached hydrogens (tertiary/aromatic N) is 3. The van der Waals surface area contributed by atoms with E-state index in [0.717, 1.165) is 17.1 Å². The molecule has 0 saturated heterocycles. The molecule has 7 nitrogen and oxygen atoms in total. The molecule has 0 unspecified atom stereocenters. The first-order valence-corrected chi connectivity index (χ1v) is 11.7. The number of benzene rings is 3. The van der Waals surface area contributed by atoms with Crippen LogP contribution in [-0.4, -0.2) is 38.0 Å². The van der Waals surface area contributed by atoms with Gasteiger partial charge in [0.1, 0.15) is 5.82 Å². The van der Waals surface area contributed by atoms with E-state index in [2.05, 4.69) is 15.5 Å². The summed E-state index contributed by atoms with van der Waals surface area (Å²) >= 11 is 1.25.